The van der Waals surface area contributed by atoms with Crippen molar-refractivity contribution in [3.8, 4) is 0 Å². The number of esters is 1. The van der Waals surface area contributed by atoms with Gasteiger partial charge >= 0.3 is 125 Å². The van der Waals surface area contributed by atoms with Gasteiger partial charge in [0.2, 0.25) is 5.91 Å². The normalized spacial score (nSPS) is 13.1. The van der Waals surface area contributed by atoms with Gasteiger partial charge in [0.1, 0.15) is 0 Å². The van der Waals surface area contributed by atoms with E-state index in [1.165, 1.54) is 6.42 Å². The molecule has 7 nitrogen and oxygen atoms in total. The molecule has 1 atom stereocenters. The molecule has 0 radical (unpaired) electrons. The molecule has 0 aliphatic heterocycles. The van der Waals surface area contributed by atoms with E-state index in [1.54, 1.807) is 0 Å². The predicted octanol–water partition coefficient (Wildman–Crippen LogP) is 5.76. The van der Waals surface area contributed by atoms with Gasteiger partial charge in [0.15, 0.2) is 0 Å². The van der Waals surface area contributed by atoms with E-state index in [-0.39, 0.29) is 30.1 Å². The summed E-state index contributed by atoms with van der Waals surface area (Å²) in [5, 5.41) is 15.1. The van der Waals surface area contributed by atoms with Gasteiger partial charge in [-0.15, -0.1) is 0 Å². The molecular weight excluding hydrogens is 491 g/mol. The van der Waals surface area contributed by atoms with Crippen LogP contribution in [0, 0.1) is 17.3 Å². The average molecular weight is 555 g/mol. The number of amides is 1. The van der Waals surface area contributed by atoms with E-state index in [9.17, 15) is 9.59 Å². The van der Waals surface area contributed by atoms with Crippen LogP contribution in [0.25, 0.3) is 0 Å². The number of nitrogens with one attached hydrogen (secondary N) is 2. The minimum absolute atomic E-state index is 0.0257. The van der Waals surface area contributed by atoms with E-state index in [1.807, 2.05) is 61.5 Å². The third-order valence-electron chi connectivity index (χ3n) is 6.08. The minimum atomic E-state index is -0.435. The fourth-order valence-corrected chi connectivity index (χ4v) is 3.29. The first-order chi connectivity index (χ1) is 17.8. The van der Waals surface area contributed by atoms with Gasteiger partial charge in [-0.2, -0.15) is 0 Å². The van der Waals surface area contributed by atoms with Crippen molar-refractivity contribution < 1.29 is 24.2 Å². The van der Waals surface area contributed by atoms with Crippen molar-refractivity contribution in [2.24, 2.45) is 17.3 Å². The van der Waals surface area contributed by atoms with Crippen molar-refractivity contribution in [3.05, 3.63) is 0 Å². The molecule has 0 bridgehead atoms. The summed E-state index contributed by atoms with van der Waals surface area (Å²) in [5.41, 5.74) is -1.19. The van der Waals surface area contributed by atoms with Gasteiger partial charge in [-0.25, -0.2) is 0 Å². The molecule has 8 heteroatoms. The van der Waals surface area contributed by atoms with E-state index in [4.69, 9.17) is 14.6 Å². The molecule has 0 fully saturated rings. The van der Waals surface area contributed by atoms with E-state index < -0.39 is 11.0 Å². The zero-order valence-corrected chi connectivity index (χ0v) is 27.5. The summed E-state index contributed by atoms with van der Waals surface area (Å²) >= 11 is 0. The molecule has 0 aliphatic rings. The number of aliphatic hydroxyl groups excluding tert-OH is 1. The topological polar surface area (TPSA) is 96.9 Å². The Bertz CT molecular complexity index is 685. The van der Waals surface area contributed by atoms with Crippen molar-refractivity contribution in [1.29, 1.82) is 0 Å². The molecule has 0 aromatic carbocycles. The third kappa shape index (κ3) is 26.6. The summed E-state index contributed by atoms with van der Waals surface area (Å²) in [6.45, 7) is 28.2. The Morgan fingerprint density at radius 1 is 0.897 bits per heavy atom. The van der Waals surface area contributed by atoms with E-state index >= 15 is 0 Å². The number of carbonyl (C=O) groups excluding carboxylic acids is 2. The standard InChI is InChI=1S/C16H32BNO2.C15H31NO3/c1-13(2)8-11-18-12-17-10-9-16(6,7)14(19)20-15(3,4)5;1-12(2)8-11-19-13(3)6-7-14(18)16-15(4,5)9-10-17/h12-13,18H,8-11H2,1-7H3;12-13,17H,6-11H2,1-5H3,(H,16,18). The second-order valence-electron chi connectivity index (χ2n) is 13.8. The Morgan fingerprint density at radius 3 is 2.00 bits per heavy atom. The van der Waals surface area contributed by atoms with Gasteiger partial charge in [0, 0.05) is 25.2 Å². The van der Waals surface area contributed by atoms with Gasteiger partial charge in [-0.3, -0.25) is 4.79 Å². The summed E-state index contributed by atoms with van der Waals surface area (Å²) < 4.78 is 11.1. The molecule has 0 saturated carbocycles. The zero-order chi connectivity index (χ0) is 30.7. The zero-order valence-electron chi connectivity index (χ0n) is 27.5. The molecular formula is C31H63BN2O5. The Morgan fingerprint density at radius 2 is 1.49 bits per heavy atom. The molecule has 39 heavy (non-hydrogen) atoms. The van der Waals surface area contributed by atoms with Crippen LogP contribution >= 0.6 is 0 Å². The van der Waals surface area contributed by atoms with Crippen LogP contribution in [-0.2, 0) is 19.1 Å². The van der Waals surface area contributed by atoms with Crippen LogP contribution in [-0.4, -0.2) is 67.0 Å². The second kappa shape index (κ2) is 20.5. The number of carbonyl (C=O) groups is 2. The van der Waals surface area contributed by atoms with Crippen LogP contribution in [0.1, 0.15) is 122 Å². The van der Waals surface area contributed by atoms with E-state index in [0.29, 0.717) is 18.8 Å². The smallest absolute Gasteiger partial charge is 0.220 e. The van der Waals surface area contributed by atoms with Crippen molar-refractivity contribution in [2.45, 2.75) is 145 Å². The third-order valence-corrected chi connectivity index (χ3v) is 6.08. The average Bonchev–Trinajstić information content (AvgIpc) is 2.75. The largest absolute Gasteiger partial charge is 0.396 e. The number of hydrogen-bond acceptors (Lipinski definition) is 6. The van der Waals surface area contributed by atoms with Crippen molar-refractivity contribution in [2.75, 3.05) is 19.8 Å². The molecule has 0 saturated heterocycles. The Hall–Kier alpha value is -1.41. The molecule has 0 aromatic heterocycles. The minimum Gasteiger partial charge on any atom is -0.396 e. The predicted molar refractivity (Wildman–Crippen MR) is 166 cm³/mol. The molecule has 230 valence electrons. The van der Waals surface area contributed by atoms with Crippen LogP contribution in [0.3, 0.4) is 0 Å². The summed E-state index contributed by atoms with van der Waals surface area (Å²) in [5.74, 6) is 1.28. The molecule has 1 amide bonds. The van der Waals surface area contributed by atoms with E-state index in [2.05, 4.69) is 45.2 Å². The molecule has 0 aromatic rings. The summed E-state index contributed by atoms with van der Waals surface area (Å²) in [4.78, 5) is 23.8. The Balaban J connectivity index is 0. The first-order valence-corrected chi connectivity index (χ1v) is 15.0. The van der Waals surface area contributed by atoms with Crippen LogP contribution in [0.15, 0.2) is 0 Å². The van der Waals surface area contributed by atoms with Crippen LogP contribution in [0.2, 0.25) is 6.32 Å². The molecule has 0 aliphatic carbocycles. The fourth-order valence-electron chi connectivity index (χ4n) is 3.29. The number of aliphatic hydroxyl groups is 1. The van der Waals surface area contributed by atoms with Gasteiger partial charge in [-0.05, 0) is 46.0 Å². The van der Waals surface area contributed by atoms with Gasteiger partial charge in [0.25, 0.3) is 0 Å². The van der Waals surface area contributed by atoms with Crippen molar-refractivity contribution in [1.82, 2.24) is 10.6 Å². The first-order valence-electron chi connectivity index (χ1n) is 15.0. The fraction of sp³-hybridized carbons (Fsp3) is 0.903. The van der Waals surface area contributed by atoms with Gasteiger partial charge in [-0.1, -0.05) is 13.8 Å². The molecule has 0 rings (SSSR count). The molecule has 1 unspecified atom stereocenters. The van der Waals surface area contributed by atoms with Gasteiger partial charge in [0.05, 0.1) is 6.10 Å². The van der Waals surface area contributed by atoms with Crippen LogP contribution in [0.5, 0.6) is 0 Å². The van der Waals surface area contributed by atoms with Crippen LogP contribution in [0.4, 0.5) is 0 Å². The number of hydrogen-bond donors (Lipinski definition) is 3. The molecule has 0 heterocycles. The van der Waals surface area contributed by atoms with Crippen molar-refractivity contribution >= 4 is 24.9 Å². The summed E-state index contributed by atoms with van der Waals surface area (Å²) in [6, 6.07) is 0. The second-order valence-corrected chi connectivity index (χ2v) is 13.8. The Labute approximate surface area is 241 Å². The SMILES string of the molecule is CC(C)CCNC=BCCC(C)(C)C(=O)OC(C)(C)C.CC(C)CCOC(C)CCC(=O)NC(C)(C)CCO. The summed E-state index contributed by atoms with van der Waals surface area (Å²) in [7, 11) is 0. The molecule has 0 spiro atoms. The van der Waals surface area contributed by atoms with E-state index in [0.717, 1.165) is 44.7 Å². The number of rotatable bonds is 18. The maximum atomic E-state index is 12.1. The van der Waals surface area contributed by atoms with Crippen LogP contribution < -0.4 is 10.6 Å². The van der Waals surface area contributed by atoms with Crippen molar-refractivity contribution in [3.63, 3.8) is 0 Å². The number of ether oxygens (including phenoxy) is 2. The summed E-state index contributed by atoms with van der Waals surface area (Å²) in [6.07, 6.45) is 7.79. The van der Waals surface area contributed by atoms with Gasteiger partial charge < -0.3 is 15.2 Å². The maximum absolute atomic E-state index is 12.1. The quantitative estimate of drug-likeness (QED) is 0.113. The maximum Gasteiger partial charge on any atom is 0.220 e. The Kier molecular flexibility index (Phi) is 20.9. The molecule has 3 N–H and O–H groups in total. The first kappa shape index (κ1) is 39.7. The monoisotopic (exact) mass is 554 g/mol.